The summed E-state index contributed by atoms with van der Waals surface area (Å²) in [5.41, 5.74) is 2.35. The molecule has 2 nitrogen and oxygen atoms in total. The summed E-state index contributed by atoms with van der Waals surface area (Å²) in [5, 5.41) is 4.43. The van der Waals surface area contributed by atoms with Gasteiger partial charge in [0.15, 0.2) is 0 Å². The third-order valence-electron chi connectivity index (χ3n) is 3.29. The molecule has 2 rings (SSSR count). The highest BCUT2D eigenvalue weighted by atomic mass is 79.9. The molecule has 96 valence electrons. The first-order valence-electron chi connectivity index (χ1n) is 6.44. The van der Waals surface area contributed by atoms with Gasteiger partial charge >= 0.3 is 0 Å². The lowest BCUT2D eigenvalue weighted by atomic mass is 10.0. The predicted molar refractivity (Wildman–Crippen MR) is 79.3 cm³/mol. The van der Waals surface area contributed by atoms with Gasteiger partial charge in [-0.05, 0) is 24.5 Å². The zero-order valence-electron chi connectivity index (χ0n) is 10.9. The van der Waals surface area contributed by atoms with E-state index in [4.69, 9.17) is 0 Å². The number of nitrogens with zero attached hydrogens (tertiary/aromatic N) is 2. The van der Waals surface area contributed by atoms with Gasteiger partial charge in [0.1, 0.15) is 0 Å². The van der Waals surface area contributed by atoms with Crippen molar-refractivity contribution in [2.45, 2.75) is 31.5 Å². The van der Waals surface area contributed by atoms with Crippen molar-refractivity contribution in [1.82, 2.24) is 9.78 Å². The Morgan fingerprint density at radius 3 is 2.67 bits per heavy atom. The largest absolute Gasteiger partial charge is 0.241 e. The predicted octanol–water partition coefficient (Wildman–Crippen LogP) is 4.74. The fraction of sp³-hybridized carbons (Fsp3) is 0.400. The van der Waals surface area contributed by atoms with E-state index in [9.17, 15) is 0 Å². The second-order valence-corrected chi connectivity index (χ2v) is 5.88. The van der Waals surface area contributed by atoms with Crippen LogP contribution in [0.4, 0.5) is 0 Å². The first-order chi connectivity index (χ1) is 8.70. The SMILES string of the molecule is CCC(C)CC(Br)c1cnn(-c2ccccc2)c1. The topological polar surface area (TPSA) is 17.8 Å². The van der Waals surface area contributed by atoms with Crippen LogP contribution in [0.25, 0.3) is 5.69 Å². The molecule has 0 N–H and O–H groups in total. The highest BCUT2D eigenvalue weighted by Crippen LogP contribution is 2.30. The molecule has 2 atom stereocenters. The van der Waals surface area contributed by atoms with Crippen molar-refractivity contribution in [3.63, 3.8) is 0 Å². The molecular formula is C15H19BrN2. The smallest absolute Gasteiger partial charge is 0.0645 e. The second-order valence-electron chi connectivity index (χ2n) is 4.77. The lowest BCUT2D eigenvalue weighted by molar-refractivity contribution is 0.514. The number of halogens is 1. The molecule has 2 aromatic rings. The minimum atomic E-state index is 0.393. The molecule has 3 heteroatoms. The van der Waals surface area contributed by atoms with E-state index in [1.165, 1.54) is 12.0 Å². The molecule has 0 aliphatic heterocycles. The zero-order valence-corrected chi connectivity index (χ0v) is 12.5. The van der Waals surface area contributed by atoms with Gasteiger partial charge in [0, 0.05) is 16.6 Å². The fourth-order valence-electron chi connectivity index (χ4n) is 1.88. The van der Waals surface area contributed by atoms with Gasteiger partial charge in [0.2, 0.25) is 0 Å². The van der Waals surface area contributed by atoms with Gasteiger partial charge in [-0.1, -0.05) is 54.4 Å². The van der Waals surface area contributed by atoms with Gasteiger partial charge in [0.25, 0.3) is 0 Å². The number of rotatable bonds is 5. The summed E-state index contributed by atoms with van der Waals surface area (Å²) in [4.78, 5) is 0.393. The lowest BCUT2D eigenvalue weighted by Crippen LogP contribution is -1.98. The van der Waals surface area contributed by atoms with Crippen molar-refractivity contribution < 1.29 is 0 Å². The van der Waals surface area contributed by atoms with E-state index < -0.39 is 0 Å². The molecule has 18 heavy (non-hydrogen) atoms. The van der Waals surface area contributed by atoms with Gasteiger partial charge in [0.05, 0.1) is 11.9 Å². The Morgan fingerprint density at radius 1 is 1.28 bits per heavy atom. The molecular weight excluding hydrogens is 288 g/mol. The first kappa shape index (κ1) is 13.3. The molecule has 0 saturated heterocycles. The Kier molecular flexibility index (Phi) is 4.59. The maximum absolute atomic E-state index is 4.43. The average Bonchev–Trinajstić information content (AvgIpc) is 2.89. The molecule has 0 spiro atoms. The van der Waals surface area contributed by atoms with E-state index in [1.807, 2.05) is 29.1 Å². The molecule has 1 aromatic carbocycles. The summed E-state index contributed by atoms with van der Waals surface area (Å²) < 4.78 is 1.93. The maximum Gasteiger partial charge on any atom is 0.0645 e. The number of alkyl halides is 1. The molecule has 0 radical (unpaired) electrons. The molecule has 0 aliphatic rings. The fourth-order valence-corrected chi connectivity index (χ4v) is 2.75. The molecule has 0 aliphatic carbocycles. The van der Waals surface area contributed by atoms with Crippen LogP contribution in [0.3, 0.4) is 0 Å². The van der Waals surface area contributed by atoms with E-state index in [1.54, 1.807) is 0 Å². The van der Waals surface area contributed by atoms with Gasteiger partial charge in [-0.2, -0.15) is 5.10 Å². The van der Waals surface area contributed by atoms with Crippen molar-refractivity contribution in [3.05, 3.63) is 48.3 Å². The van der Waals surface area contributed by atoms with Crippen molar-refractivity contribution >= 4 is 15.9 Å². The number of hydrogen-bond acceptors (Lipinski definition) is 1. The number of benzene rings is 1. The highest BCUT2D eigenvalue weighted by Gasteiger charge is 2.13. The van der Waals surface area contributed by atoms with E-state index in [0.717, 1.165) is 18.0 Å². The molecule has 0 bridgehead atoms. The summed E-state index contributed by atoms with van der Waals surface area (Å²) in [7, 11) is 0. The third kappa shape index (κ3) is 3.22. The molecule has 0 amide bonds. The van der Waals surface area contributed by atoms with E-state index >= 15 is 0 Å². The molecule has 2 unspecified atom stereocenters. The van der Waals surface area contributed by atoms with Crippen molar-refractivity contribution in [1.29, 1.82) is 0 Å². The Balaban J connectivity index is 2.11. The van der Waals surface area contributed by atoms with Crippen LogP contribution in [0.2, 0.25) is 0 Å². The number of para-hydroxylation sites is 1. The Hall–Kier alpha value is -1.09. The molecule has 0 fully saturated rings. The monoisotopic (exact) mass is 306 g/mol. The minimum absolute atomic E-state index is 0.393. The average molecular weight is 307 g/mol. The summed E-state index contributed by atoms with van der Waals surface area (Å²) in [6.45, 7) is 4.52. The lowest BCUT2D eigenvalue weighted by Gasteiger charge is -2.12. The first-order valence-corrected chi connectivity index (χ1v) is 7.36. The number of hydrogen-bond donors (Lipinski definition) is 0. The second kappa shape index (κ2) is 6.19. The van der Waals surface area contributed by atoms with Crippen LogP contribution in [0, 0.1) is 5.92 Å². The molecule has 1 heterocycles. The Morgan fingerprint density at radius 2 is 2.00 bits per heavy atom. The van der Waals surface area contributed by atoms with Crippen LogP contribution in [-0.4, -0.2) is 9.78 Å². The van der Waals surface area contributed by atoms with Gasteiger partial charge in [-0.25, -0.2) is 4.68 Å². The quantitative estimate of drug-likeness (QED) is 0.729. The summed E-state index contributed by atoms with van der Waals surface area (Å²) in [6, 6.07) is 10.2. The van der Waals surface area contributed by atoms with Crippen LogP contribution in [0.15, 0.2) is 42.7 Å². The highest BCUT2D eigenvalue weighted by molar-refractivity contribution is 9.09. The third-order valence-corrected chi connectivity index (χ3v) is 4.19. The summed E-state index contributed by atoms with van der Waals surface area (Å²) in [6.07, 6.45) is 6.43. The Bertz CT molecular complexity index is 478. The zero-order chi connectivity index (χ0) is 13.0. The van der Waals surface area contributed by atoms with Crippen LogP contribution >= 0.6 is 15.9 Å². The summed E-state index contributed by atoms with van der Waals surface area (Å²) >= 11 is 3.76. The van der Waals surface area contributed by atoms with Gasteiger partial charge < -0.3 is 0 Å². The van der Waals surface area contributed by atoms with Crippen LogP contribution in [-0.2, 0) is 0 Å². The molecule has 1 aromatic heterocycles. The van der Waals surface area contributed by atoms with E-state index in [-0.39, 0.29) is 0 Å². The van der Waals surface area contributed by atoms with Crippen molar-refractivity contribution in [2.75, 3.05) is 0 Å². The normalized spacial score (nSPS) is 14.4. The number of aromatic nitrogens is 2. The standard InChI is InChI=1S/C15H19BrN2/c1-3-12(2)9-15(16)13-10-17-18(11-13)14-7-5-4-6-8-14/h4-8,10-12,15H,3,9H2,1-2H3. The van der Waals surface area contributed by atoms with Crippen molar-refractivity contribution in [2.24, 2.45) is 5.92 Å². The van der Waals surface area contributed by atoms with Crippen LogP contribution < -0.4 is 0 Å². The van der Waals surface area contributed by atoms with Crippen LogP contribution in [0.5, 0.6) is 0 Å². The Labute approximate surface area is 117 Å². The minimum Gasteiger partial charge on any atom is -0.241 e. The van der Waals surface area contributed by atoms with Gasteiger partial charge in [-0.15, -0.1) is 0 Å². The van der Waals surface area contributed by atoms with E-state index in [0.29, 0.717) is 4.83 Å². The molecule has 0 saturated carbocycles. The van der Waals surface area contributed by atoms with Crippen molar-refractivity contribution in [3.8, 4) is 5.69 Å². The van der Waals surface area contributed by atoms with Gasteiger partial charge in [-0.3, -0.25) is 0 Å². The van der Waals surface area contributed by atoms with Crippen LogP contribution in [0.1, 0.15) is 37.1 Å². The maximum atomic E-state index is 4.43. The summed E-state index contributed by atoms with van der Waals surface area (Å²) in [5.74, 6) is 0.731. The van der Waals surface area contributed by atoms with E-state index in [2.05, 4.69) is 53.2 Å².